The molecule has 1 atom stereocenters. The van der Waals surface area contributed by atoms with Gasteiger partial charge in [-0.3, -0.25) is 4.98 Å². The van der Waals surface area contributed by atoms with E-state index >= 15 is 0 Å². The summed E-state index contributed by atoms with van der Waals surface area (Å²) in [6.45, 7) is 3.30. The van der Waals surface area contributed by atoms with Crippen LogP contribution in [0.2, 0.25) is 0 Å². The highest BCUT2D eigenvalue weighted by Gasteiger charge is 2.32. The lowest BCUT2D eigenvalue weighted by Gasteiger charge is -2.33. The number of methoxy groups -OCH3 is 1. The molecule has 4 heterocycles. The van der Waals surface area contributed by atoms with Gasteiger partial charge >= 0.3 is 0 Å². The molecule has 0 saturated carbocycles. The van der Waals surface area contributed by atoms with Crippen LogP contribution in [0.4, 0.5) is 0 Å². The first-order valence-corrected chi connectivity index (χ1v) is 14.9. The summed E-state index contributed by atoms with van der Waals surface area (Å²) in [5.41, 5.74) is 6.15. The summed E-state index contributed by atoms with van der Waals surface area (Å²) >= 11 is 0. The summed E-state index contributed by atoms with van der Waals surface area (Å²) in [5.74, 6) is 0.755. The van der Waals surface area contributed by atoms with Crippen molar-refractivity contribution < 1.29 is 17.9 Å². The number of pyridine rings is 1. The highest BCUT2D eigenvalue weighted by atomic mass is 32.2. The van der Waals surface area contributed by atoms with Crippen LogP contribution in [-0.2, 0) is 21.6 Å². The molecule has 0 unspecified atom stereocenters. The molecule has 5 aromatic rings. The minimum absolute atomic E-state index is 0.0718. The van der Waals surface area contributed by atoms with Crippen LogP contribution in [0, 0.1) is 12.8 Å². The van der Waals surface area contributed by atoms with Gasteiger partial charge in [-0.05, 0) is 49.4 Å². The number of hydrogen-bond donors (Lipinski definition) is 0. The predicted molar refractivity (Wildman–Crippen MR) is 150 cm³/mol. The third kappa shape index (κ3) is 4.37. The molecular weight excluding hydrogens is 514 g/mol. The van der Waals surface area contributed by atoms with Crippen LogP contribution in [-0.4, -0.2) is 59.5 Å². The summed E-state index contributed by atoms with van der Waals surface area (Å²) in [6, 6.07) is 15.8. The number of aryl methyl sites for hydroxylation is 2. The number of hydrogen-bond acceptors (Lipinski definition) is 7. The van der Waals surface area contributed by atoms with Gasteiger partial charge in [-0.1, -0.05) is 35.5 Å². The Morgan fingerprint density at radius 3 is 2.46 bits per heavy atom. The zero-order valence-electron chi connectivity index (χ0n) is 22.5. The normalized spacial score (nSPS) is 15.7. The lowest BCUT2D eigenvalue weighted by atomic mass is 9.86. The average molecular weight is 546 g/mol. The van der Waals surface area contributed by atoms with Gasteiger partial charge < -0.3 is 14.0 Å². The molecule has 0 radical (unpaired) electrons. The summed E-state index contributed by atoms with van der Waals surface area (Å²) in [7, 11) is -0.0727. The number of rotatable bonds is 6. The highest BCUT2D eigenvalue weighted by molar-refractivity contribution is 7.90. The van der Waals surface area contributed by atoms with Crippen molar-refractivity contribution in [3.63, 3.8) is 0 Å². The molecule has 10 heteroatoms. The van der Waals surface area contributed by atoms with Crippen molar-refractivity contribution in [2.24, 2.45) is 13.0 Å². The molecule has 2 aromatic carbocycles. The number of benzene rings is 2. The topological polar surface area (TPSA) is 101 Å². The van der Waals surface area contributed by atoms with E-state index in [4.69, 9.17) is 14.5 Å². The Morgan fingerprint density at radius 2 is 1.82 bits per heavy atom. The molecule has 1 fully saturated rings. The van der Waals surface area contributed by atoms with Crippen molar-refractivity contribution in [2.75, 3.05) is 26.6 Å². The zero-order chi connectivity index (χ0) is 27.3. The second-order valence-electron chi connectivity index (χ2n) is 10.2. The van der Waals surface area contributed by atoms with E-state index in [1.54, 1.807) is 23.9 Å². The van der Waals surface area contributed by atoms with Gasteiger partial charge in [0.25, 0.3) is 0 Å². The molecule has 9 nitrogen and oxygen atoms in total. The molecule has 6 rings (SSSR count). The van der Waals surface area contributed by atoms with Gasteiger partial charge in [-0.15, -0.1) is 5.10 Å². The van der Waals surface area contributed by atoms with Crippen LogP contribution in [0.5, 0.6) is 5.75 Å². The largest absolute Gasteiger partial charge is 0.496 e. The minimum Gasteiger partial charge on any atom is -0.496 e. The molecule has 202 valence electrons. The van der Waals surface area contributed by atoms with Gasteiger partial charge in [0.15, 0.2) is 9.84 Å². The SMILES string of the molecule is COc1cc(S(C)(=O)=O)cc2c1c1ncc(-c3c(C)nnn3C)cc1n2[C@H](c1ccccc1)C1CCOCC1. The van der Waals surface area contributed by atoms with Gasteiger partial charge in [0.1, 0.15) is 5.75 Å². The summed E-state index contributed by atoms with van der Waals surface area (Å²) in [5, 5.41) is 9.22. The van der Waals surface area contributed by atoms with E-state index in [9.17, 15) is 8.42 Å². The molecule has 0 aliphatic carbocycles. The monoisotopic (exact) mass is 545 g/mol. The van der Waals surface area contributed by atoms with Crippen molar-refractivity contribution in [1.29, 1.82) is 0 Å². The van der Waals surface area contributed by atoms with Gasteiger partial charge in [0.05, 0.1) is 51.4 Å². The average Bonchev–Trinajstić information content (AvgIpc) is 3.45. The maximum absolute atomic E-state index is 12.8. The van der Waals surface area contributed by atoms with E-state index in [0.717, 1.165) is 57.3 Å². The van der Waals surface area contributed by atoms with Crippen molar-refractivity contribution in [2.45, 2.75) is 30.7 Å². The maximum Gasteiger partial charge on any atom is 0.175 e. The minimum atomic E-state index is -3.50. The fourth-order valence-electron chi connectivity index (χ4n) is 5.94. The first kappa shape index (κ1) is 25.5. The smallest absolute Gasteiger partial charge is 0.175 e. The molecule has 3 aromatic heterocycles. The second kappa shape index (κ2) is 9.77. The first-order chi connectivity index (χ1) is 18.8. The van der Waals surface area contributed by atoms with Crippen LogP contribution < -0.4 is 4.74 Å². The first-order valence-electron chi connectivity index (χ1n) is 13.0. The molecular formula is C29H31N5O4S. The molecule has 0 bridgehead atoms. The summed E-state index contributed by atoms with van der Waals surface area (Å²) in [6.07, 6.45) is 4.83. The van der Waals surface area contributed by atoms with Gasteiger partial charge in [0.2, 0.25) is 0 Å². The highest BCUT2D eigenvalue weighted by Crippen LogP contribution is 2.44. The summed E-state index contributed by atoms with van der Waals surface area (Å²) < 4.78 is 41.1. The van der Waals surface area contributed by atoms with Crippen molar-refractivity contribution in [3.8, 4) is 17.0 Å². The molecule has 1 aliphatic heterocycles. The Bertz CT molecular complexity index is 1770. The Morgan fingerprint density at radius 1 is 1.08 bits per heavy atom. The maximum atomic E-state index is 12.8. The van der Waals surface area contributed by atoms with E-state index in [1.807, 2.05) is 38.4 Å². The molecule has 1 aliphatic rings. The fraction of sp³-hybridized carbons (Fsp3) is 0.345. The number of sulfone groups is 1. The standard InChI is InChI=1S/C29H31N5O4S/c1-18-28(33(2)32-31-18)21-14-24-27(30-17-21)26-23(15-22(39(4,35)36)16-25(26)37-3)34(24)29(19-8-6-5-7-9-19)20-10-12-38-13-11-20/h5-9,14-17,20,29H,10-13H2,1-4H3/t29-/m1/s1. The van der Waals surface area contributed by atoms with Gasteiger partial charge in [-0.2, -0.15) is 0 Å². The quantitative estimate of drug-likeness (QED) is 0.304. The van der Waals surface area contributed by atoms with Crippen LogP contribution >= 0.6 is 0 Å². The lowest BCUT2D eigenvalue weighted by molar-refractivity contribution is 0.0553. The molecule has 1 saturated heterocycles. The van der Waals surface area contributed by atoms with E-state index in [-0.39, 0.29) is 16.9 Å². The van der Waals surface area contributed by atoms with E-state index in [1.165, 1.54) is 6.26 Å². The Labute approximate surface area is 227 Å². The molecule has 0 N–H and O–H groups in total. The molecule has 39 heavy (non-hydrogen) atoms. The number of aromatic nitrogens is 5. The predicted octanol–water partition coefficient (Wildman–Crippen LogP) is 4.72. The second-order valence-corrected chi connectivity index (χ2v) is 12.2. The lowest BCUT2D eigenvalue weighted by Crippen LogP contribution is -2.27. The van der Waals surface area contributed by atoms with Crippen molar-refractivity contribution in [3.05, 3.63) is 66.0 Å². The van der Waals surface area contributed by atoms with Crippen LogP contribution in [0.25, 0.3) is 33.2 Å². The number of nitrogens with zero attached hydrogens (tertiary/aromatic N) is 5. The third-order valence-electron chi connectivity index (χ3n) is 7.73. The van der Waals surface area contributed by atoms with Crippen molar-refractivity contribution in [1.82, 2.24) is 24.5 Å². The molecule has 0 amide bonds. The van der Waals surface area contributed by atoms with E-state index in [2.05, 4.69) is 33.1 Å². The van der Waals surface area contributed by atoms with Crippen molar-refractivity contribution >= 4 is 31.8 Å². The van der Waals surface area contributed by atoms with Crippen LogP contribution in [0.15, 0.2) is 59.6 Å². The molecule has 0 spiro atoms. The van der Waals surface area contributed by atoms with E-state index in [0.29, 0.717) is 19.0 Å². The van der Waals surface area contributed by atoms with Gasteiger partial charge in [0, 0.05) is 38.3 Å². The Balaban J connectivity index is 1.75. The zero-order valence-corrected chi connectivity index (χ0v) is 23.3. The Hall–Kier alpha value is -3.76. The third-order valence-corrected chi connectivity index (χ3v) is 8.82. The van der Waals surface area contributed by atoms with Crippen LogP contribution in [0.1, 0.15) is 30.1 Å². The van der Waals surface area contributed by atoms with Gasteiger partial charge in [-0.25, -0.2) is 13.1 Å². The fourth-order valence-corrected chi connectivity index (χ4v) is 6.58. The van der Waals surface area contributed by atoms with E-state index < -0.39 is 9.84 Å². The number of ether oxygens (including phenoxy) is 2. The Kier molecular flexibility index (Phi) is 6.39. The summed E-state index contributed by atoms with van der Waals surface area (Å²) in [4.78, 5) is 5.16. The number of fused-ring (bicyclic) bond motifs is 3. The van der Waals surface area contributed by atoms with Crippen LogP contribution in [0.3, 0.4) is 0 Å².